The van der Waals surface area contributed by atoms with Crippen LogP contribution < -0.4 is 25.4 Å². The summed E-state index contributed by atoms with van der Waals surface area (Å²) in [5.74, 6) is 1.99. The zero-order valence-corrected chi connectivity index (χ0v) is 14.9. The molecule has 0 saturated heterocycles. The van der Waals surface area contributed by atoms with Gasteiger partial charge in [0.05, 0.1) is 26.5 Å². The van der Waals surface area contributed by atoms with Crippen LogP contribution in [0.4, 0.5) is 4.79 Å². The lowest BCUT2D eigenvalue weighted by atomic mass is 10.2. The van der Waals surface area contributed by atoms with Crippen LogP contribution in [0.1, 0.15) is 17.5 Å². The fraction of sp³-hybridized carbons (Fsp3) is 0.263. The van der Waals surface area contributed by atoms with E-state index in [4.69, 9.17) is 19.9 Å². The van der Waals surface area contributed by atoms with Crippen molar-refractivity contribution in [3.05, 3.63) is 53.6 Å². The topological polar surface area (TPSA) is 95.2 Å². The van der Waals surface area contributed by atoms with Crippen molar-refractivity contribution in [2.45, 2.75) is 13.3 Å². The molecule has 0 saturated carbocycles. The Hall–Kier alpha value is -3.22. The molecule has 2 rings (SSSR count). The van der Waals surface area contributed by atoms with Crippen molar-refractivity contribution in [1.29, 1.82) is 0 Å². The average molecular weight is 357 g/mol. The summed E-state index contributed by atoms with van der Waals surface area (Å²) >= 11 is 0. The number of hydrogen-bond acceptors (Lipinski definition) is 5. The first kappa shape index (κ1) is 19.1. The number of nitrogens with two attached hydrogens (primary N) is 1. The fourth-order valence-corrected chi connectivity index (χ4v) is 2.25. The summed E-state index contributed by atoms with van der Waals surface area (Å²) in [6, 6.07) is 12.5. The summed E-state index contributed by atoms with van der Waals surface area (Å²) in [4.78, 5) is 10.7. The van der Waals surface area contributed by atoms with Crippen LogP contribution in [0.3, 0.4) is 0 Å². The summed E-state index contributed by atoms with van der Waals surface area (Å²) in [5.41, 5.74) is 8.90. The predicted octanol–water partition coefficient (Wildman–Crippen LogP) is 2.85. The van der Waals surface area contributed by atoms with Gasteiger partial charge in [0.1, 0.15) is 5.75 Å². The monoisotopic (exact) mass is 357 g/mol. The van der Waals surface area contributed by atoms with E-state index in [1.165, 1.54) is 6.21 Å². The Morgan fingerprint density at radius 3 is 2.58 bits per heavy atom. The van der Waals surface area contributed by atoms with Gasteiger partial charge in [-0.15, -0.1) is 0 Å². The van der Waals surface area contributed by atoms with Crippen LogP contribution in [0.5, 0.6) is 17.2 Å². The van der Waals surface area contributed by atoms with Crippen molar-refractivity contribution < 1.29 is 19.0 Å². The smallest absolute Gasteiger partial charge is 0.332 e. The van der Waals surface area contributed by atoms with Gasteiger partial charge in [-0.05, 0) is 30.7 Å². The molecular formula is C19H23N3O4. The number of primary amides is 1. The van der Waals surface area contributed by atoms with Crippen molar-refractivity contribution in [2.75, 3.05) is 20.3 Å². The third-order valence-electron chi connectivity index (χ3n) is 3.49. The number of aryl methyl sites for hydroxylation is 1. The van der Waals surface area contributed by atoms with Crippen molar-refractivity contribution in [3.8, 4) is 17.2 Å². The molecule has 2 aromatic rings. The third kappa shape index (κ3) is 5.70. The van der Waals surface area contributed by atoms with E-state index in [-0.39, 0.29) is 0 Å². The lowest BCUT2D eigenvalue weighted by Gasteiger charge is -2.13. The molecule has 0 spiro atoms. The fourth-order valence-electron chi connectivity index (χ4n) is 2.25. The molecule has 3 N–H and O–H groups in total. The highest BCUT2D eigenvalue weighted by atomic mass is 16.5. The van der Waals surface area contributed by atoms with Gasteiger partial charge in [-0.25, -0.2) is 10.2 Å². The van der Waals surface area contributed by atoms with Crippen LogP contribution in [0.25, 0.3) is 0 Å². The number of ether oxygens (including phenoxy) is 3. The van der Waals surface area contributed by atoms with Gasteiger partial charge in [0.2, 0.25) is 0 Å². The Labute approximate surface area is 152 Å². The Morgan fingerprint density at radius 1 is 1.12 bits per heavy atom. The molecule has 2 aromatic carbocycles. The second-order valence-corrected chi connectivity index (χ2v) is 5.43. The first-order valence-electron chi connectivity index (χ1n) is 8.18. The maximum atomic E-state index is 10.7. The lowest BCUT2D eigenvalue weighted by molar-refractivity contribution is 0.239. The van der Waals surface area contributed by atoms with Gasteiger partial charge in [-0.1, -0.05) is 24.3 Å². The van der Waals surface area contributed by atoms with E-state index in [1.54, 1.807) is 25.3 Å². The predicted molar refractivity (Wildman–Crippen MR) is 100 cm³/mol. The number of carbonyl (C=O) groups excluding carboxylic acids is 1. The zero-order valence-electron chi connectivity index (χ0n) is 14.9. The van der Waals surface area contributed by atoms with E-state index in [0.717, 1.165) is 11.3 Å². The van der Waals surface area contributed by atoms with Gasteiger partial charge in [-0.2, -0.15) is 5.10 Å². The van der Waals surface area contributed by atoms with E-state index in [0.29, 0.717) is 36.7 Å². The van der Waals surface area contributed by atoms with Crippen LogP contribution in [0.15, 0.2) is 47.6 Å². The van der Waals surface area contributed by atoms with Gasteiger partial charge in [-0.3, -0.25) is 0 Å². The summed E-state index contributed by atoms with van der Waals surface area (Å²) in [5, 5.41) is 3.76. The van der Waals surface area contributed by atoms with E-state index in [1.807, 2.05) is 31.2 Å². The number of methoxy groups -OCH3 is 1. The van der Waals surface area contributed by atoms with Crippen LogP contribution in [-0.4, -0.2) is 32.6 Å². The molecule has 0 aliphatic heterocycles. The Kier molecular flexibility index (Phi) is 7.30. The molecule has 138 valence electrons. The highest BCUT2D eigenvalue weighted by Crippen LogP contribution is 2.30. The van der Waals surface area contributed by atoms with Crippen LogP contribution in [-0.2, 0) is 0 Å². The maximum absolute atomic E-state index is 10.7. The average Bonchev–Trinajstić information content (AvgIpc) is 2.63. The van der Waals surface area contributed by atoms with Crippen molar-refractivity contribution in [2.24, 2.45) is 10.8 Å². The quantitative estimate of drug-likeness (QED) is 0.410. The summed E-state index contributed by atoms with van der Waals surface area (Å²) in [6.07, 6.45) is 2.15. The molecule has 0 aromatic heterocycles. The van der Waals surface area contributed by atoms with E-state index in [9.17, 15) is 4.79 Å². The summed E-state index contributed by atoms with van der Waals surface area (Å²) in [7, 11) is 1.56. The maximum Gasteiger partial charge on any atom is 0.332 e. The SMILES string of the molecule is COc1cccc(C=NNC(N)=O)c1OCCCOc1ccccc1C. The highest BCUT2D eigenvalue weighted by Gasteiger charge is 2.09. The molecule has 0 fully saturated rings. The molecule has 0 unspecified atom stereocenters. The van der Waals surface area contributed by atoms with Gasteiger partial charge in [0.15, 0.2) is 11.5 Å². The normalized spacial score (nSPS) is 10.5. The number of hydrogen-bond donors (Lipinski definition) is 2. The minimum absolute atomic E-state index is 0.441. The van der Waals surface area contributed by atoms with Gasteiger partial charge in [0.25, 0.3) is 0 Å². The summed E-state index contributed by atoms with van der Waals surface area (Å²) < 4.78 is 16.9. The molecule has 7 heteroatoms. The second-order valence-electron chi connectivity index (χ2n) is 5.43. The second kappa shape index (κ2) is 9.93. The standard InChI is InChI=1S/C19H23N3O4/c1-14-7-3-4-9-16(14)25-11-6-12-26-18-15(13-21-22-19(20)23)8-5-10-17(18)24-2/h3-5,7-10,13H,6,11-12H2,1-2H3,(H3,20,22,23). The number of urea groups is 1. The van der Waals surface area contributed by atoms with Crippen molar-refractivity contribution in [3.63, 3.8) is 0 Å². The molecule has 0 aliphatic rings. The van der Waals surface area contributed by atoms with Gasteiger partial charge in [0, 0.05) is 12.0 Å². The number of nitrogens with one attached hydrogen (secondary N) is 1. The number of nitrogens with zero attached hydrogens (tertiary/aromatic N) is 1. The molecule has 0 aliphatic carbocycles. The van der Waals surface area contributed by atoms with Crippen LogP contribution >= 0.6 is 0 Å². The van der Waals surface area contributed by atoms with Gasteiger partial charge >= 0.3 is 6.03 Å². The first-order chi connectivity index (χ1) is 12.6. The zero-order chi connectivity index (χ0) is 18.8. The van der Waals surface area contributed by atoms with E-state index in [2.05, 4.69) is 10.5 Å². The minimum Gasteiger partial charge on any atom is -0.493 e. The van der Waals surface area contributed by atoms with E-state index < -0.39 is 6.03 Å². The number of amides is 2. The molecule has 0 radical (unpaired) electrons. The third-order valence-corrected chi connectivity index (χ3v) is 3.49. The Balaban J connectivity index is 1.92. The number of hydrazone groups is 1. The molecule has 7 nitrogen and oxygen atoms in total. The lowest BCUT2D eigenvalue weighted by Crippen LogP contribution is -2.24. The Morgan fingerprint density at radius 2 is 1.85 bits per heavy atom. The highest BCUT2D eigenvalue weighted by molar-refractivity contribution is 5.86. The number of benzene rings is 2. The minimum atomic E-state index is -0.736. The molecule has 0 bridgehead atoms. The number of rotatable bonds is 9. The van der Waals surface area contributed by atoms with Crippen LogP contribution in [0.2, 0.25) is 0 Å². The molecule has 26 heavy (non-hydrogen) atoms. The van der Waals surface area contributed by atoms with E-state index >= 15 is 0 Å². The van der Waals surface area contributed by atoms with Gasteiger partial charge < -0.3 is 19.9 Å². The first-order valence-corrected chi connectivity index (χ1v) is 8.18. The Bertz CT molecular complexity index is 762. The number of carbonyl (C=O) groups is 1. The largest absolute Gasteiger partial charge is 0.493 e. The number of para-hydroxylation sites is 2. The van der Waals surface area contributed by atoms with Crippen molar-refractivity contribution in [1.82, 2.24) is 5.43 Å². The van der Waals surface area contributed by atoms with Crippen molar-refractivity contribution >= 4 is 12.2 Å². The molecule has 0 atom stereocenters. The molecule has 0 heterocycles. The van der Waals surface area contributed by atoms with Crippen LogP contribution in [0, 0.1) is 6.92 Å². The molecule has 2 amide bonds. The molecular weight excluding hydrogens is 334 g/mol. The summed E-state index contributed by atoms with van der Waals surface area (Å²) in [6.45, 7) is 2.98.